The van der Waals surface area contributed by atoms with Crippen LogP contribution >= 0.6 is 5.69 Å². The van der Waals surface area contributed by atoms with Gasteiger partial charge in [0.15, 0.2) is 0 Å². The van der Waals surface area contributed by atoms with E-state index >= 15 is 0 Å². The van der Waals surface area contributed by atoms with Gasteiger partial charge in [0.25, 0.3) is 0 Å². The van der Waals surface area contributed by atoms with Crippen LogP contribution in [0.15, 0.2) is 72.8 Å². The topological polar surface area (TPSA) is 46.1 Å². The van der Waals surface area contributed by atoms with Gasteiger partial charge in [-0.1, -0.05) is 310 Å². The van der Waals surface area contributed by atoms with Crippen LogP contribution in [0.1, 0.15) is 307 Å². The van der Waals surface area contributed by atoms with E-state index in [1.54, 1.807) is 0 Å². The summed E-state index contributed by atoms with van der Waals surface area (Å²) >= 11 is 7.28. The van der Waals surface area contributed by atoms with Gasteiger partial charge in [-0.25, -0.2) is 0 Å². The molecule has 0 aliphatic heterocycles. The van der Waals surface area contributed by atoms with Crippen LogP contribution in [-0.2, 0) is 102 Å². The molecule has 0 atom stereocenters. The third-order valence-corrected chi connectivity index (χ3v) is 13.7. The van der Waals surface area contributed by atoms with E-state index in [0.29, 0.717) is 0 Å². The van der Waals surface area contributed by atoms with E-state index in [1.165, 1.54) is 306 Å². The number of rotatable bonds is 45. The van der Waals surface area contributed by atoms with Crippen molar-refractivity contribution in [3.8, 4) is 0 Å². The second-order valence-corrected chi connectivity index (χ2v) is 25.1. The van der Waals surface area contributed by atoms with Gasteiger partial charge in [0.05, 0.1) is 0 Å². The molecule has 0 amide bonds. The Kier molecular flexibility index (Phi) is 74.1. The zero-order chi connectivity index (χ0) is 51.7. The summed E-state index contributed by atoms with van der Waals surface area (Å²) in [4.78, 5) is 18.6. The average molecular weight is 1230 g/mol. The summed E-state index contributed by atoms with van der Waals surface area (Å²) in [5, 5.41) is 0. The molecule has 0 aliphatic carbocycles. The standard InChI is InChI=1S/3C22H37.H3O2PS2.3Zn/c3*1-2-3-4-5-6-7-8-9-10-11-12-13-14-16-19-22-20-17-15-18-21-22;1-3(2,4)5;;;/h3*15,17-18,20H,2-14,16,19H2,1H3;(H3,1,2,4,5);;;/q3*-1;;3*+2/p-3. The summed E-state index contributed by atoms with van der Waals surface area (Å²) in [7, 11) is 0. The summed E-state index contributed by atoms with van der Waals surface area (Å²) in [5.74, 6) is 0. The first-order chi connectivity index (χ1) is 34.8. The molecule has 410 valence electrons. The molecule has 0 bridgehead atoms. The van der Waals surface area contributed by atoms with E-state index in [4.69, 9.17) is 0 Å². The Labute approximate surface area is 511 Å². The third kappa shape index (κ3) is 70.5. The minimum atomic E-state index is -3.72. The van der Waals surface area contributed by atoms with E-state index in [-0.39, 0.29) is 58.4 Å². The molecule has 2 nitrogen and oxygen atoms in total. The first-order valence-corrected chi connectivity index (χ1v) is 34.0. The molecule has 0 unspecified atom stereocenters. The van der Waals surface area contributed by atoms with Gasteiger partial charge in [-0.2, -0.15) is 119 Å². The summed E-state index contributed by atoms with van der Waals surface area (Å²) in [6.45, 7) is 6.88. The molecule has 0 aliphatic rings. The van der Waals surface area contributed by atoms with Gasteiger partial charge >= 0.3 is 58.4 Å². The Balaban J connectivity index is -0.000000465. The summed E-state index contributed by atoms with van der Waals surface area (Å²) in [6.07, 6.45) is 63.9. The molecule has 0 aromatic heterocycles. The first-order valence-electron chi connectivity index (χ1n) is 30.4. The van der Waals surface area contributed by atoms with Crippen LogP contribution < -0.4 is 9.79 Å². The van der Waals surface area contributed by atoms with Crippen molar-refractivity contribution in [2.75, 3.05) is 0 Å². The number of hydrogen-bond acceptors (Lipinski definition) is 4. The Morgan fingerprint density at radius 1 is 0.311 bits per heavy atom. The monoisotopic (exact) mass is 1220 g/mol. The maximum Gasteiger partial charge on any atom is 2.00 e. The SMILES string of the molecule is CCCCCCCCCCCCCCCCc1[c-]cccc1.CCCCCCCCCCCCCCCCc1[c-]cccc1.CCCCCCCCCCCCCCCCc1[c-]cccc1.[O-]P([O-])(=S)[S-].[Zn+2].[Zn+2].[Zn+2]. The van der Waals surface area contributed by atoms with Crippen LogP contribution in [0.2, 0.25) is 0 Å². The van der Waals surface area contributed by atoms with E-state index in [2.05, 4.69) is 118 Å². The maximum atomic E-state index is 9.29. The van der Waals surface area contributed by atoms with Crippen LogP contribution in [0.4, 0.5) is 0 Å². The molecule has 0 spiro atoms. The van der Waals surface area contributed by atoms with Crippen molar-refractivity contribution in [3.05, 3.63) is 108 Å². The molecular formula is C66H111O2PS2Zn3. The van der Waals surface area contributed by atoms with Gasteiger partial charge in [0.1, 0.15) is 0 Å². The average Bonchev–Trinajstić information content (AvgIpc) is 3.37. The number of hydrogen-bond donors (Lipinski definition) is 0. The third-order valence-electron chi connectivity index (χ3n) is 13.7. The smallest absolute Gasteiger partial charge is 0.850 e. The Hall–Kier alpha value is 0.450. The van der Waals surface area contributed by atoms with Crippen molar-refractivity contribution < 1.29 is 68.2 Å². The molecule has 3 aromatic carbocycles. The molecule has 3 aromatic rings. The van der Waals surface area contributed by atoms with E-state index in [9.17, 15) is 9.79 Å². The fraction of sp³-hybridized carbons (Fsp3) is 0.727. The number of benzene rings is 3. The number of aryl methyl sites for hydroxylation is 3. The molecular weight excluding hydrogens is 1120 g/mol. The Morgan fingerprint density at radius 3 is 0.595 bits per heavy atom. The summed E-state index contributed by atoms with van der Waals surface area (Å²) in [5.41, 5.74) is 0.407. The molecule has 0 radical (unpaired) electrons. The van der Waals surface area contributed by atoms with Crippen LogP contribution in [0.5, 0.6) is 0 Å². The Morgan fingerprint density at radius 2 is 0.459 bits per heavy atom. The maximum absolute atomic E-state index is 9.29. The summed E-state index contributed by atoms with van der Waals surface area (Å²) < 4.78 is 0. The van der Waals surface area contributed by atoms with Gasteiger partial charge in [-0.05, 0) is 0 Å². The fourth-order valence-electron chi connectivity index (χ4n) is 9.29. The molecule has 3 rings (SSSR count). The fourth-order valence-corrected chi connectivity index (χ4v) is 9.29. The molecule has 0 fully saturated rings. The van der Waals surface area contributed by atoms with Crippen LogP contribution in [-0.4, -0.2) is 0 Å². The van der Waals surface area contributed by atoms with Gasteiger partial charge in [0, 0.05) is 0 Å². The quantitative estimate of drug-likeness (QED) is 0.0186. The zero-order valence-electron chi connectivity index (χ0n) is 48.9. The van der Waals surface area contributed by atoms with E-state index < -0.39 is 5.69 Å². The molecule has 8 heteroatoms. The van der Waals surface area contributed by atoms with Gasteiger partial charge in [0.2, 0.25) is 0 Å². The van der Waals surface area contributed by atoms with Crippen LogP contribution in [0.3, 0.4) is 0 Å². The Bertz CT molecular complexity index is 1300. The molecule has 0 N–H and O–H groups in total. The van der Waals surface area contributed by atoms with Crippen molar-refractivity contribution in [3.63, 3.8) is 0 Å². The van der Waals surface area contributed by atoms with Crippen molar-refractivity contribution in [1.82, 2.24) is 0 Å². The van der Waals surface area contributed by atoms with Crippen LogP contribution in [0, 0.1) is 18.2 Å². The van der Waals surface area contributed by atoms with E-state index in [0.717, 1.165) is 0 Å². The van der Waals surface area contributed by atoms with Gasteiger partial charge in [-0.3, -0.25) is 0 Å². The molecule has 0 heterocycles. The molecule has 0 saturated carbocycles. The van der Waals surface area contributed by atoms with E-state index in [1.807, 2.05) is 18.2 Å². The minimum Gasteiger partial charge on any atom is -0.850 e. The second kappa shape index (κ2) is 67.7. The van der Waals surface area contributed by atoms with Gasteiger partial charge in [-0.15, -0.1) is 0 Å². The number of unbranched alkanes of at least 4 members (excludes halogenated alkanes) is 39. The van der Waals surface area contributed by atoms with Crippen molar-refractivity contribution in [2.24, 2.45) is 0 Å². The van der Waals surface area contributed by atoms with Gasteiger partial charge < -0.3 is 27.7 Å². The summed E-state index contributed by atoms with van der Waals surface area (Å²) in [6, 6.07) is 35.1. The largest absolute Gasteiger partial charge is 2.00 e. The second-order valence-electron chi connectivity index (χ2n) is 20.6. The predicted molar refractivity (Wildman–Crippen MR) is 320 cm³/mol. The normalized spacial score (nSPS) is 10.6. The molecule has 0 saturated heterocycles. The predicted octanol–water partition coefficient (Wildman–Crippen LogP) is 21.0. The zero-order valence-corrected chi connectivity index (χ0v) is 60.4. The minimum absolute atomic E-state index is 0. The van der Waals surface area contributed by atoms with Crippen molar-refractivity contribution in [1.29, 1.82) is 0 Å². The van der Waals surface area contributed by atoms with Crippen LogP contribution in [0.25, 0.3) is 0 Å². The van der Waals surface area contributed by atoms with Crippen molar-refractivity contribution >= 4 is 29.7 Å². The first kappa shape index (κ1) is 80.9. The van der Waals surface area contributed by atoms with Crippen molar-refractivity contribution in [2.45, 2.75) is 310 Å². The molecule has 74 heavy (non-hydrogen) atoms.